The first-order valence-electron chi connectivity index (χ1n) is 9.77. The molecule has 0 saturated heterocycles. The van der Waals surface area contributed by atoms with Crippen LogP contribution in [-0.4, -0.2) is 37.3 Å². The summed E-state index contributed by atoms with van der Waals surface area (Å²) in [5, 5.41) is 10.2. The van der Waals surface area contributed by atoms with Crippen LogP contribution < -0.4 is 4.74 Å². The quantitative estimate of drug-likeness (QED) is 0.319. The minimum absolute atomic E-state index is 0.288. The molecule has 0 unspecified atom stereocenters. The molecule has 0 aliphatic rings. The van der Waals surface area contributed by atoms with Crippen molar-refractivity contribution in [2.45, 2.75) is 48.1 Å². The summed E-state index contributed by atoms with van der Waals surface area (Å²) in [7, 11) is 0. The number of thioether (sulfide) groups is 2. The number of hydrogen-bond acceptors (Lipinski definition) is 7. The van der Waals surface area contributed by atoms with Crippen molar-refractivity contribution in [2.24, 2.45) is 0 Å². The number of alkyl halides is 3. The van der Waals surface area contributed by atoms with E-state index < -0.39 is 17.1 Å². The van der Waals surface area contributed by atoms with Crippen molar-refractivity contribution in [3.63, 3.8) is 0 Å². The van der Waals surface area contributed by atoms with Crippen molar-refractivity contribution in [3.05, 3.63) is 53.0 Å². The number of rotatable bonds is 9. The van der Waals surface area contributed by atoms with Crippen LogP contribution in [0.1, 0.15) is 24.4 Å². The van der Waals surface area contributed by atoms with Crippen LogP contribution in [-0.2, 0) is 11.2 Å². The molecule has 0 amide bonds. The molecule has 33 heavy (non-hydrogen) atoms. The predicted molar refractivity (Wildman–Crippen MR) is 125 cm³/mol. The average Bonchev–Trinajstić information content (AvgIpc) is 3.18. The number of aromatic nitrogens is 2. The summed E-state index contributed by atoms with van der Waals surface area (Å²) in [6.07, 6.45) is -4.03. The summed E-state index contributed by atoms with van der Waals surface area (Å²) >= 11 is 4.25. The van der Waals surface area contributed by atoms with Gasteiger partial charge in [0, 0.05) is 27.5 Å². The second-order valence-electron chi connectivity index (χ2n) is 7.53. The molecule has 1 aromatic heterocycles. The van der Waals surface area contributed by atoms with E-state index in [-0.39, 0.29) is 5.75 Å². The van der Waals surface area contributed by atoms with Gasteiger partial charge in [-0.15, -0.1) is 36.7 Å². The molecule has 0 atom stereocenters. The van der Waals surface area contributed by atoms with Crippen LogP contribution in [0.3, 0.4) is 0 Å². The van der Waals surface area contributed by atoms with Gasteiger partial charge >= 0.3 is 12.3 Å². The van der Waals surface area contributed by atoms with E-state index in [9.17, 15) is 23.1 Å². The summed E-state index contributed by atoms with van der Waals surface area (Å²) in [5.74, 6) is 0.105. The van der Waals surface area contributed by atoms with Gasteiger partial charge in [0.1, 0.15) is 15.5 Å². The number of halogens is 3. The number of benzene rings is 2. The Morgan fingerprint density at radius 1 is 1.15 bits per heavy atom. The van der Waals surface area contributed by atoms with Crippen LogP contribution in [0.5, 0.6) is 5.75 Å². The highest BCUT2D eigenvalue weighted by Gasteiger charge is 2.31. The number of ether oxygens (including phenoxy) is 1. The second kappa shape index (κ2) is 10.4. The van der Waals surface area contributed by atoms with E-state index in [1.807, 2.05) is 25.1 Å². The zero-order valence-corrected chi connectivity index (χ0v) is 20.4. The van der Waals surface area contributed by atoms with Crippen molar-refractivity contribution in [1.29, 1.82) is 0 Å². The van der Waals surface area contributed by atoms with Crippen LogP contribution >= 0.6 is 35.1 Å². The van der Waals surface area contributed by atoms with E-state index in [0.29, 0.717) is 17.8 Å². The molecule has 1 N–H and O–H groups in total. The maximum atomic E-state index is 12.3. The fraction of sp³-hybridized carbons (Fsp3) is 0.318. The van der Waals surface area contributed by atoms with E-state index >= 15 is 0 Å². The Morgan fingerprint density at radius 2 is 1.85 bits per heavy atom. The molecule has 0 fully saturated rings. The Hall–Kier alpha value is -2.24. The summed E-state index contributed by atoms with van der Waals surface area (Å²) in [6.45, 7) is 5.33. The van der Waals surface area contributed by atoms with E-state index in [2.05, 4.69) is 14.1 Å². The molecular formula is C22H21F3N2O3S3. The second-order valence-corrected chi connectivity index (χ2v) is 11.2. The Balaban J connectivity index is 1.55. The first-order valence-corrected chi connectivity index (χ1v) is 12.3. The number of hydrogen-bond donors (Lipinski definition) is 1. The van der Waals surface area contributed by atoms with Gasteiger partial charge in [-0.3, -0.25) is 4.79 Å². The van der Waals surface area contributed by atoms with Gasteiger partial charge in [-0.1, -0.05) is 0 Å². The first-order chi connectivity index (χ1) is 15.4. The lowest BCUT2D eigenvalue weighted by molar-refractivity contribution is -0.274. The molecule has 0 aliphatic heterocycles. The van der Waals surface area contributed by atoms with Gasteiger partial charge in [0.25, 0.3) is 0 Å². The number of carboxylic acid groups (broad SMARTS) is 1. The maximum absolute atomic E-state index is 12.3. The van der Waals surface area contributed by atoms with Crippen LogP contribution in [0, 0.1) is 6.92 Å². The molecule has 5 nitrogen and oxygen atoms in total. The summed E-state index contributed by atoms with van der Waals surface area (Å²) in [6, 6.07) is 11.4. The van der Waals surface area contributed by atoms with Crippen LogP contribution in [0.2, 0.25) is 0 Å². The number of nitrogens with zero attached hydrogens (tertiary/aromatic N) is 2. The highest BCUT2D eigenvalue weighted by Crippen LogP contribution is 2.36. The van der Waals surface area contributed by atoms with Crippen LogP contribution in [0.15, 0.2) is 52.3 Å². The third kappa shape index (κ3) is 7.38. The zero-order valence-electron chi connectivity index (χ0n) is 18.0. The highest BCUT2D eigenvalue weighted by atomic mass is 32.2. The zero-order chi connectivity index (χ0) is 24.2. The van der Waals surface area contributed by atoms with Crippen molar-refractivity contribution in [3.8, 4) is 17.1 Å². The SMILES string of the molecule is Cc1cc(SCCc2nc(-c3ccc(OC(F)(F)F)cc3)ns2)ccc1SC(C)(C)C(=O)O. The van der Waals surface area contributed by atoms with Crippen molar-refractivity contribution >= 4 is 41.0 Å². The van der Waals surface area contributed by atoms with Gasteiger partial charge in [0.05, 0.1) is 0 Å². The van der Waals surface area contributed by atoms with Crippen LogP contribution in [0.25, 0.3) is 11.4 Å². The number of carboxylic acids is 1. The summed E-state index contributed by atoms with van der Waals surface area (Å²) in [5.41, 5.74) is 1.64. The number of aryl methyl sites for hydroxylation is 2. The lowest BCUT2D eigenvalue weighted by Gasteiger charge is -2.19. The van der Waals surface area contributed by atoms with Crippen LogP contribution in [0.4, 0.5) is 13.2 Å². The normalized spacial score (nSPS) is 12.1. The molecule has 176 valence electrons. The lowest BCUT2D eigenvalue weighted by atomic mass is 10.2. The van der Waals surface area contributed by atoms with E-state index in [0.717, 1.165) is 26.1 Å². The third-order valence-corrected chi connectivity index (χ3v) is 7.55. The highest BCUT2D eigenvalue weighted by molar-refractivity contribution is 8.01. The molecule has 2 aromatic carbocycles. The molecular weight excluding hydrogens is 493 g/mol. The van der Waals surface area contributed by atoms with Gasteiger partial charge in [-0.2, -0.15) is 4.37 Å². The van der Waals surface area contributed by atoms with Crippen molar-refractivity contribution in [1.82, 2.24) is 9.36 Å². The molecule has 0 radical (unpaired) electrons. The average molecular weight is 515 g/mol. The van der Waals surface area contributed by atoms with Gasteiger partial charge in [0.2, 0.25) is 0 Å². The molecule has 0 spiro atoms. The van der Waals surface area contributed by atoms with Gasteiger partial charge in [0.15, 0.2) is 5.82 Å². The predicted octanol–water partition coefficient (Wildman–Crippen LogP) is 6.70. The fourth-order valence-electron chi connectivity index (χ4n) is 2.68. The van der Waals surface area contributed by atoms with Gasteiger partial charge in [-0.05, 0) is 80.3 Å². The largest absolute Gasteiger partial charge is 0.573 e. The first kappa shape index (κ1) is 25.4. The molecule has 3 rings (SSSR count). The molecule has 0 aliphatic carbocycles. The summed E-state index contributed by atoms with van der Waals surface area (Å²) in [4.78, 5) is 17.8. The monoisotopic (exact) mass is 514 g/mol. The van der Waals surface area contributed by atoms with E-state index in [1.165, 1.54) is 47.6 Å². The van der Waals surface area contributed by atoms with E-state index in [4.69, 9.17) is 0 Å². The maximum Gasteiger partial charge on any atom is 0.573 e. The van der Waals surface area contributed by atoms with Crippen molar-refractivity contribution in [2.75, 3.05) is 5.75 Å². The molecule has 11 heteroatoms. The Kier molecular flexibility index (Phi) is 7.96. The number of carbonyl (C=O) groups is 1. The van der Waals surface area contributed by atoms with Crippen molar-refractivity contribution < 1.29 is 27.8 Å². The molecule has 0 bridgehead atoms. The van der Waals surface area contributed by atoms with E-state index in [1.54, 1.807) is 25.6 Å². The Morgan fingerprint density at radius 3 is 2.45 bits per heavy atom. The summed E-state index contributed by atoms with van der Waals surface area (Å²) < 4.78 is 44.1. The minimum atomic E-state index is -4.72. The van der Waals surface area contributed by atoms with Gasteiger partial charge < -0.3 is 9.84 Å². The Labute approximate surface area is 201 Å². The minimum Gasteiger partial charge on any atom is -0.480 e. The van der Waals surface area contributed by atoms with Gasteiger partial charge in [-0.25, -0.2) is 4.98 Å². The number of aliphatic carboxylic acids is 1. The standard InChI is InChI=1S/C22H21F3N2O3S3/c1-13-12-16(8-9-17(13)32-21(2,3)20(28)29)31-11-10-18-26-19(27-33-18)14-4-6-15(7-5-14)30-22(23,24)25/h4-9,12H,10-11H2,1-3H3,(H,28,29). The molecule has 1 heterocycles. The molecule has 3 aromatic rings. The third-order valence-electron chi connectivity index (χ3n) is 4.43. The lowest BCUT2D eigenvalue weighted by Crippen LogP contribution is -2.27. The Bertz CT molecular complexity index is 1120. The topological polar surface area (TPSA) is 72.3 Å². The fourth-order valence-corrected chi connectivity index (χ4v) is 5.42. The smallest absolute Gasteiger partial charge is 0.480 e. The molecule has 0 saturated carbocycles.